The van der Waals surface area contributed by atoms with Gasteiger partial charge in [-0.15, -0.1) is 0 Å². The van der Waals surface area contributed by atoms with Crippen LogP contribution in [0.25, 0.3) is 0 Å². The molecule has 0 spiro atoms. The Balaban J connectivity index is 1.85. The predicted octanol–water partition coefficient (Wildman–Crippen LogP) is -8.78. The fourth-order valence-electron chi connectivity index (χ4n) is 5.89. The molecule has 0 radical (unpaired) electrons. The molecule has 51 heavy (non-hydrogen) atoms. The van der Waals surface area contributed by atoms with Crippen molar-refractivity contribution >= 4 is 29.5 Å². The first kappa shape index (κ1) is 42.2. The smallest absolute Gasteiger partial charge is 0.240 e. The number of nitrogens with two attached hydrogens (primary N) is 1. The summed E-state index contributed by atoms with van der Waals surface area (Å²) in [5.74, 6) is -4.07. The number of aliphatic hydroxyl groups is 8. The molecule has 0 saturated carbocycles. The lowest BCUT2D eigenvalue weighted by Gasteiger charge is -2.49. The van der Waals surface area contributed by atoms with E-state index in [0.29, 0.717) is 0 Å². The summed E-state index contributed by atoms with van der Waals surface area (Å²) in [6.07, 6.45) is -22.7. The fraction of sp³-hybridized carbons (Fsp3) is 0.821. The molecule has 0 aromatic carbocycles. The summed E-state index contributed by atoms with van der Waals surface area (Å²) in [6, 6.07) is -4.51. The molecule has 23 heteroatoms. The summed E-state index contributed by atoms with van der Waals surface area (Å²) in [5, 5.41) is 92.7. The SMILES string of the molecule is CC(=O)NC(CC(=O)NC1OC(CO)C(OC2OC(CO)C(OC3OC(CO)C(O)C(O)C3O)C(O)C2NC(C)=O)C(O)C1NC(C)=O)C(N)=O. The third kappa shape index (κ3) is 10.5. The lowest BCUT2D eigenvalue weighted by molar-refractivity contribution is -0.358. The second kappa shape index (κ2) is 18.5. The normalized spacial score (nSPS) is 38.9. The van der Waals surface area contributed by atoms with E-state index in [1.165, 1.54) is 0 Å². The zero-order valence-electron chi connectivity index (χ0n) is 27.8. The van der Waals surface area contributed by atoms with Gasteiger partial charge in [-0.25, -0.2) is 0 Å². The van der Waals surface area contributed by atoms with Crippen LogP contribution >= 0.6 is 0 Å². The van der Waals surface area contributed by atoms with E-state index in [9.17, 15) is 64.8 Å². The molecule has 3 saturated heterocycles. The topological polar surface area (TPSA) is 367 Å². The molecule has 16 unspecified atom stereocenters. The Hall–Kier alpha value is -3.17. The highest BCUT2D eigenvalue weighted by atomic mass is 16.7. The highest BCUT2D eigenvalue weighted by Crippen LogP contribution is 2.32. The lowest BCUT2D eigenvalue weighted by atomic mass is 9.93. The molecule has 3 rings (SSSR count). The molecule has 3 heterocycles. The predicted molar refractivity (Wildman–Crippen MR) is 162 cm³/mol. The van der Waals surface area contributed by atoms with Crippen molar-refractivity contribution in [2.45, 2.75) is 125 Å². The molecular weight excluding hydrogens is 694 g/mol. The van der Waals surface area contributed by atoms with Crippen LogP contribution in [0.1, 0.15) is 27.2 Å². The molecule has 3 aliphatic heterocycles. The Labute approximate surface area is 290 Å². The molecule has 0 aliphatic carbocycles. The minimum absolute atomic E-state index is 0.657. The first-order valence-electron chi connectivity index (χ1n) is 15.8. The van der Waals surface area contributed by atoms with E-state index in [4.69, 9.17) is 29.4 Å². The fourth-order valence-corrected chi connectivity index (χ4v) is 5.89. The van der Waals surface area contributed by atoms with Crippen LogP contribution in [-0.2, 0) is 47.7 Å². The lowest BCUT2D eigenvalue weighted by Crippen LogP contribution is -2.71. The van der Waals surface area contributed by atoms with Gasteiger partial charge in [0.1, 0.15) is 79.2 Å². The third-order valence-corrected chi connectivity index (χ3v) is 8.34. The van der Waals surface area contributed by atoms with Crippen LogP contribution in [0.2, 0.25) is 0 Å². The van der Waals surface area contributed by atoms with Gasteiger partial charge in [-0.05, 0) is 0 Å². The summed E-state index contributed by atoms with van der Waals surface area (Å²) < 4.78 is 28.5. The highest BCUT2D eigenvalue weighted by Gasteiger charge is 2.54. The first-order valence-corrected chi connectivity index (χ1v) is 15.8. The molecule has 0 aromatic heterocycles. The number of aliphatic hydroxyl groups excluding tert-OH is 8. The summed E-state index contributed by atoms with van der Waals surface area (Å²) in [6.45, 7) is 0.660. The van der Waals surface area contributed by atoms with Gasteiger partial charge in [0.25, 0.3) is 0 Å². The minimum atomic E-state index is -1.91. The number of hydrogen-bond donors (Lipinski definition) is 13. The number of primary amides is 1. The van der Waals surface area contributed by atoms with Gasteiger partial charge in [0.15, 0.2) is 18.8 Å². The van der Waals surface area contributed by atoms with Gasteiger partial charge in [0.05, 0.1) is 26.2 Å². The van der Waals surface area contributed by atoms with Crippen LogP contribution in [0.3, 0.4) is 0 Å². The molecule has 3 fully saturated rings. The Morgan fingerprint density at radius 2 is 1.12 bits per heavy atom. The van der Waals surface area contributed by atoms with Gasteiger partial charge in [0.2, 0.25) is 29.5 Å². The Morgan fingerprint density at radius 1 is 0.627 bits per heavy atom. The second-order valence-electron chi connectivity index (χ2n) is 12.3. The van der Waals surface area contributed by atoms with E-state index in [1.807, 2.05) is 0 Å². The largest absolute Gasteiger partial charge is 0.394 e. The standard InChI is InChI=1S/C28H47N5O18/c1-8(37)30-11(25(29)46)4-15(40)33-26-16(31-9(2)38)19(42)23(13(6-35)47-26)50-27-17(32-10(3)39)20(43)24(14(7-36)49-27)51-28-22(45)21(44)18(41)12(5-34)48-28/h11-14,16-24,26-28,34-36,41-45H,4-7H2,1-3H3,(H2,29,46)(H,30,37)(H,31,38)(H,32,39)(H,33,40). The summed E-state index contributed by atoms with van der Waals surface area (Å²) in [5.41, 5.74) is 5.25. The van der Waals surface area contributed by atoms with Crippen LogP contribution in [0.15, 0.2) is 0 Å². The van der Waals surface area contributed by atoms with Crippen LogP contribution in [0.4, 0.5) is 0 Å². The molecule has 16 atom stereocenters. The molecule has 0 bridgehead atoms. The van der Waals surface area contributed by atoms with Gasteiger partial charge in [-0.2, -0.15) is 0 Å². The molecule has 23 nitrogen and oxygen atoms in total. The van der Waals surface area contributed by atoms with Crippen molar-refractivity contribution in [1.29, 1.82) is 0 Å². The molecule has 0 aromatic rings. The van der Waals surface area contributed by atoms with Gasteiger partial charge in [0, 0.05) is 20.8 Å². The number of carbonyl (C=O) groups excluding carboxylic acids is 5. The Kier molecular flexibility index (Phi) is 15.4. The van der Waals surface area contributed by atoms with E-state index in [0.717, 1.165) is 20.8 Å². The van der Waals surface area contributed by atoms with E-state index in [-0.39, 0.29) is 0 Å². The van der Waals surface area contributed by atoms with Crippen LogP contribution in [-0.4, -0.2) is 188 Å². The van der Waals surface area contributed by atoms with Crippen LogP contribution in [0.5, 0.6) is 0 Å². The maximum absolute atomic E-state index is 12.8. The average Bonchev–Trinajstić information content (AvgIpc) is 3.05. The third-order valence-electron chi connectivity index (χ3n) is 8.34. The zero-order valence-corrected chi connectivity index (χ0v) is 27.8. The van der Waals surface area contributed by atoms with Crippen molar-refractivity contribution in [3.8, 4) is 0 Å². The molecule has 14 N–H and O–H groups in total. The number of ether oxygens (including phenoxy) is 5. The summed E-state index contributed by atoms with van der Waals surface area (Å²) >= 11 is 0. The number of amides is 5. The van der Waals surface area contributed by atoms with Crippen molar-refractivity contribution in [3.05, 3.63) is 0 Å². The van der Waals surface area contributed by atoms with Crippen molar-refractivity contribution in [1.82, 2.24) is 21.3 Å². The monoisotopic (exact) mass is 741 g/mol. The second-order valence-corrected chi connectivity index (χ2v) is 12.3. The van der Waals surface area contributed by atoms with Crippen LogP contribution < -0.4 is 27.0 Å². The molecule has 292 valence electrons. The van der Waals surface area contributed by atoms with Crippen molar-refractivity contribution in [3.63, 3.8) is 0 Å². The van der Waals surface area contributed by atoms with E-state index in [1.54, 1.807) is 0 Å². The number of carbonyl (C=O) groups is 5. The average molecular weight is 742 g/mol. The summed E-state index contributed by atoms with van der Waals surface area (Å²) in [7, 11) is 0. The van der Waals surface area contributed by atoms with Crippen LogP contribution in [0, 0.1) is 0 Å². The van der Waals surface area contributed by atoms with Gasteiger partial charge < -0.3 is 91.5 Å². The van der Waals surface area contributed by atoms with E-state index < -0.39 is 154 Å². The molecular formula is C28H47N5O18. The number of nitrogens with one attached hydrogen (secondary N) is 4. The maximum atomic E-state index is 12.8. The highest BCUT2D eigenvalue weighted by molar-refractivity contribution is 5.90. The van der Waals surface area contributed by atoms with Crippen molar-refractivity contribution < 1.29 is 88.5 Å². The molecule has 3 aliphatic rings. The van der Waals surface area contributed by atoms with Crippen molar-refractivity contribution in [2.75, 3.05) is 19.8 Å². The minimum Gasteiger partial charge on any atom is -0.394 e. The van der Waals surface area contributed by atoms with Gasteiger partial charge in [-0.3, -0.25) is 24.0 Å². The van der Waals surface area contributed by atoms with E-state index >= 15 is 0 Å². The van der Waals surface area contributed by atoms with Gasteiger partial charge >= 0.3 is 0 Å². The maximum Gasteiger partial charge on any atom is 0.240 e. The quantitative estimate of drug-likeness (QED) is 0.0786. The summed E-state index contributed by atoms with van der Waals surface area (Å²) in [4.78, 5) is 60.3. The first-order chi connectivity index (χ1) is 23.9. The Bertz CT molecular complexity index is 1230. The Morgan fingerprint density at radius 3 is 1.63 bits per heavy atom. The van der Waals surface area contributed by atoms with Gasteiger partial charge in [-0.1, -0.05) is 0 Å². The van der Waals surface area contributed by atoms with E-state index in [2.05, 4.69) is 21.3 Å². The zero-order chi connectivity index (χ0) is 38.3. The molecule has 5 amide bonds. The number of hydrogen-bond acceptors (Lipinski definition) is 18. The van der Waals surface area contributed by atoms with Crippen molar-refractivity contribution in [2.24, 2.45) is 5.73 Å². The number of rotatable bonds is 14.